The van der Waals surface area contributed by atoms with Gasteiger partial charge in [0.1, 0.15) is 0 Å². The molecule has 0 unspecified atom stereocenters. The van der Waals surface area contributed by atoms with Crippen molar-refractivity contribution in [2.45, 2.75) is 6.23 Å². The van der Waals surface area contributed by atoms with Crippen molar-refractivity contribution in [1.29, 1.82) is 0 Å². The Morgan fingerprint density at radius 2 is 2.20 bits per heavy atom. The molecule has 0 aliphatic carbocycles. The van der Waals surface area contributed by atoms with Gasteiger partial charge in [-0.15, -0.1) is 0 Å². The Labute approximate surface area is 57.0 Å². The van der Waals surface area contributed by atoms with Gasteiger partial charge in [-0.3, -0.25) is 4.79 Å². The molecule has 0 saturated carbocycles. The summed E-state index contributed by atoms with van der Waals surface area (Å²) in [6, 6.07) is 0. The Kier molecular flexibility index (Phi) is 3.13. The fourth-order valence-electron chi connectivity index (χ4n) is 0.253. The zero-order valence-electron chi connectivity index (χ0n) is 5.03. The number of aliphatic hydroxyl groups is 1. The number of carboxylic acid groups (broad SMARTS) is 1. The van der Waals surface area contributed by atoms with E-state index in [1.807, 2.05) is 0 Å². The fourth-order valence-corrected chi connectivity index (χ4v) is 0.253. The van der Waals surface area contributed by atoms with E-state index in [0.717, 1.165) is 6.08 Å². The molecule has 5 heteroatoms. The molecule has 0 aromatic heterocycles. The summed E-state index contributed by atoms with van der Waals surface area (Å²) in [5.41, 5.74) is 0. The van der Waals surface area contributed by atoms with Gasteiger partial charge in [0.15, 0.2) is 6.23 Å². The Morgan fingerprint density at radius 1 is 1.70 bits per heavy atom. The van der Waals surface area contributed by atoms with E-state index < -0.39 is 18.1 Å². The number of carboxylic acids is 1. The average Bonchev–Trinajstić information content (AvgIpc) is 1.87. The average molecular weight is 144 g/mol. The van der Waals surface area contributed by atoms with Crippen molar-refractivity contribution in [3.05, 3.63) is 12.7 Å². The van der Waals surface area contributed by atoms with E-state index in [9.17, 15) is 14.7 Å². The fraction of sp³-hybridized carbons (Fsp3) is 0.200. The van der Waals surface area contributed by atoms with Gasteiger partial charge >= 0.3 is 0 Å². The molecule has 5 nitrogen and oxygen atoms in total. The summed E-state index contributed by atoms with van der Waals surface area (Å²) in [6.45, 7) is 3.04. The van der Waals surface area contributed by atoms with Gasteiger partial charge in [-0.25, -0.2) is 0 Å². The van der Waals surface area contributed by atoms with E-state index in [4.69, 9.17) is 5.11 Å². The highest BCUT2D eigenvalue weighted by Crippen LogP contribution is 1.73. The van der Waals surface area contributed by atoms with E-state index in [2.05, 4.69) is 6.58 Å². The van der Waals surface area contributed by atoms with Gasteiger partial charge in [0, 0.05) is 0 Å². The first-order valence-electron chi connectivity index (χ1n) is 2.39. The highest BCUT2D eigenvalue weighted by atomic mass is 16.4. The van der Waals surface area contributed by atoms with E-state index in [1.54, 1.807) is 5.32 Å². The molecule has 56 valence electrons. The maximum Gasteiger partial charge on any atom is 0.245 e. The molecule has 0 aromatic rings. The maximum absolute atomic E-state index is 10.2. The molecule has 0 fully saturated rings. The summed E-state index contributed by atoms with van der Waals surface area (Å²) in [4.78, 5) is 20.0. The SMILES string of the molecule is C=CC(=O)N[C@@H](O)C(=O)[O-]. The van der Waals surface area contributed by atoms with Crippen LogP contribution in [0.15, 0.2) is 12.7 Å². The van der Waals surface area contributed by atoms with Crippen LogP contribution in [0.1, 0.15) is 0 Å². The van der Waals surface area contributed by atoms with Crippen LogP contribution in [0.2, 0.25) is 0 Å². The third kappa shape index (κ3) is 2.83. The van der Waals surface area contributed by atoms with Crippen LogP contribution in [0.25, 0.3) is 0 Å². The van der Waals surface area contributed by atoms with Crippen LogP contribution < -0.4 is 10.4 Å². The van der Waals surface area contributed by atoms with Crippen molar-refractivity contribution in [3.8, 4) is 0 Å². The molecule has 1 atom stereocenters. The zero-order valence-corrected chi connectivity index (χ0v) is 5.03. The molecule has 0 aromatic carbocycles. The molecule has 0 spiro atoms. The smallest absolute Gasteiger partial charge is 0.245 e. The summed E-state index contributed by atoms with van der Waals surface area (Å²) >= 11 is 0. The lowest BCUT2D eigenvalue weighted by atomic mass is 10.5. The van der Waals surface area contributed by atoms with Gasteiger partial charge in [-0.05, 0) is 6.08 Å². The molecule has 10 heavy (non-hydrogen) atoms. The minimum absolute atomic E-state index is 0.767. The summed E-state index contributed by atoms with van der Waals surface area (Å²) in [5, 5.41) is 19.8. The molecule has 2 N–H and O–H groups in total. The summed E-state index contributed by atoms with van der Waals surface area (Å²) in [7, 11) is 0. The molecule has 0 bridgehead atoms. The van der Waals surface area contributed by atoms with Gasteiger partial charge < -0.3 is 20.3 Å². The number of nitrogens with one attached hydrogen (secondary N) is 1. The molecule has 0 saturated heterocycles. The summed E-state index contributed by atoms with van der Waals surface area (Å²) in [5.74, 6) is -2.52. The van der Waals surface area contributed by atoms with Crippen LogP contribution in [-0.2, 0) is 9.59 Å². The largest absolute Gasteiger partial charge is 0.545 e. The quantitative estimate of drug-likeness (QED) is 0.334. The van der Waals surface area contributed by atoms with Gasteiger partial charge in [-0.1, -0.05) is 6.58 Å². The number of aliphatic hydroxyl groups excluding tert-OH is 1. The number of rotatable bonds is 3. The molecular formula is C5H6NO4-. The van der Waals surface area contributed by atoms with Gasteiger partial charge in [-0.2, -0.15) is 0 Å². The van der Waals surface area contributed by atoms with Crippen LogP contribution >= 0.6 is 0 Å². The first-order chi connectivity index (χ1) is 4.57. The predicted octanol–water partition coefficient (Wildman–Crippen LogP) is -2.64. The van der Waals surface area contributed by atoms with E-state index in [1.165, 1.54) is 0 Å². The second-order valence-corrected chi connectivity index (χ2v) is 1.43. The first kappa shape index (κ1) is 8.64. The lowest BCUT2D eigenvalue weighted by Gasteiger charge is -2.10. The second kappa shape index (κ2) is 3.62. The Morgan fingerprint density at radius 3 is 2.50 bits per heavy atom. The molecule has 0 radical (unpaired) electrons. The lowest BCUT2D eigenvalue weighted by molar-refractivity contribution is -0.316. The Balaban J connectivity index is 3.79. The molecule has 0 aliphatic rings. The van der Waals surface area contributed by atoms with Gasteiger partial charge in [0.05, 0.1) is 5.97 Å². The van der Waals surface area contributed by atoms with E-state index in [0.29, 0.717) is 0 Å². The predicted molar refractivity (Wildman–Crippen MR) is 29.4 cm³/mol. The molecule has 1 amide bonds. The van der Waals surface area contributed by atoms with Crippen molar-refractivity contribution in [3.63, 3.8) is 0 Å². The zero-order chi connectivity index (χ0) is 8.15. The minimum Gasteiger partial charge on any atom is -0.545 e. The number of carbonyl (C=O) groups is 2. The van der Waals surface area contributed by atoms with E-state index in [-0.39, 0.29) is 0 Å². The third-order valence-corrected chi connectivity index (χ3v) is 0.688. The van der Waals surface area contributed by atoms with Crippen molar-refractivity contribution in [2.24, 2.45) is 0 Å². The van der Waals surface area contributed by atoms with Crippen molar-refractivity contribution in [2.75, 3.05) is 0 Å². The van der Waals surface area contributed by atoms with Crippen LogP contribution in [0.3, 0.4) is 0 Å². The van der Waals surface area contributed by atoms with Gasteiger partial charge in [0.25, 0.3) is 0 Å². The van der Waals surface area contributed by atoms with Crippen LogP contribution in [0.5, 0.6) is 0 Å². The molecule has 0 aliphatic heterocycles. The topological polar surface area (TPSA) is 89.5 Å². The highest BCUT2D eigenvalue weighted by molar-refractivity contribution is 5.89. The summed E-state index contributed by atoms with van der Waals surface area (Å²) < 4.78 is 0. The second-order valence-electron chi connectivity index (χ2n) is 1.43. The van der Waals surface area contributed by atoms with Crippen LogP contribution in [0.4, 0.5) is 0 Å². The van der Waals surface area contributed by atoms with Crippen LogP contribution in [-0.4, -0.2) is 23.2 Å². The van der Waals surface area contributed by atoms with Crippen molar-refractivity contribution < 1.29 is 19.8 Å². The van der Waals surface area contributed by atoms with Crippen molar-refractivity contribution in [1.82, 2.24) is 5.32 Å². The number of carbonyl (C=O) groups excluding carboxylic acids is 2. The Bertz CT molecular complexity index is 165. The minimum atomic E-state index is -1.97. The standard InChI is InChI=1S/C5H7NO4/c1-2-3(7)6-4(8)5(9)10/h2,4,8H,1H2,(H,6,7)(H,9,10)/p-1/t4-/m0/s1. The number of aliphatic carboxylic acids is 1. The van der Waals surface area contributed by atoms with Crippen molar-refractivity contribution >= 4 is 11.9 Å². The number of amides is 1. The van der Waals surface area contributed by atoms with Crippen LogP contribution in [0, 0.1) is 0 Å². The molecule has 0 heterocycles. The molecule has 0 rings (SSSR count). The number of hydrogen-bond acceptors (Lipinski definition) is 4. The van der Waals surface area contributed by atoms with Gasteiger partial charge in [0.2, 0.25) is 5.91 Å². The maximum atomic E-state index is 10.2. The lowest BCUT2D eigenvalue weighted by Crippen LogP contribution is -2.47. The van der Waals surface area contributed by atoms with E-state index >= 15 is 0 Å². The first-order valence-corrected chi connectivity index (χ1v) is 2.39. The summed E-state index contributed by atoms with van der Waals surface area (Å²) in [6.07, 6.45) is -1.13. The monoisotopic (exact) mass is 144 g/mol. The Hall–Kier alpha value is -1.36. The third-order valence-electron chi connectivity index (χ3n) is 0.688. The normalized spacial score (nSPS) is 11.7. The highest BCUT2D eigenvalue weighted by Gasteiger charge is 2.04. The number of hydrogen-bond donors (Lipinski definition) is 2. The molecular weight excluding hydrogens is 138 g/mol.